The Hall–Kier alpha value is -0.530. The topological polar surface area (TPSA) is 20.3 Å². The van der Waals surface area contributed by atoms with Gasteiger partial charge in [0.25, 0.3) is 0 Å². The number of likely N-dealkylation sites (tertiary alicyclic amines) is 1. The molecule has 0 radical (unpaired) electrons. The molecule has 0 spiro atoms. The first-order valence-electron chi connectivity index (χ1n) is 6.60. The van der Waals surface area contributed by atoms with Crippen molar-refractivity contribution in [3.63, 3.8) is 0 Å². The molecule has 0 aromatic heterocycles. The van der Waals surface area contributed by atoms with Crippen LogP contribution in [0.4, 0.5) is 0 Å². The van der Waals surface area contributed by atoms with Crippen LogP contribution in [0.15, 0.2) is 0 Å². The van der Waals surface area contributed by atoms with Crippen LogP contribution in [-0.4, -0.2) is 23.9 Å². The quantitative estimate of drug-likeness (QED) is 0.685. The lowest BCUT2D eigenvalue weighted by molar-refractivity contribution is -0.136. The van der Waals surface area contributed by atoms with Crippen LogP contribution in [0.2, 0.25) is 0 Å². The molecule has 2 fully saturated rings. The lowest BCUT2D eigenvalue weighted by Gasteiger charge is -2.33. The SMILES string of the molecule is CCC1CCN(C(=O)C2CCCC2)CC1. The van der Waals surface area contributed by atoms with Crippen molar-refractivity contribution in [2.45, 2.75) is 51.9 Å². The van der Waals surface area contributed by atoms with Crippen molar-refractivity contribution in [2.24, 2.45) is 11.8 Å². The van der Waals surface area contributed by atoms with Crippen LogP contribution in [0, 0.1) is 11.8 Å². The first-order chi connectivity index (χ1) is 7.31. The van der Waals surface area contributed by atoms with Gasteiger partial charge < -0.3 is 4.90 Å². The highest BCUT2D eigenvalue weighted by Crippen LogP contribution is 2.28. The third-order valence-corrected chi connectivity index (χ3v) is 4.21. The van der Waals surface area contributed by atoms with Gasteiger partial charge in [0.15, 0.2) is 0 Å². The molecule has 1 saturated heterocycles. The zero-order valence-electron chi connectivity index (χ0n) is 9.87. The molecule has 1 aliphatic carbocycles. The van der Waals surface area contributed by atoms with E-state index >= 15 is 0 Å². The largest absolute Gasteiger partial charge is 0.342 e. The maximum atomic E-state index is 12.1. The Labute approximate surface area is 93.0 Å². The monoisotopic (exact) mass is 209 g/mol. The summed E-state index contributed by atoms with van der Waals surface area (Å²) in [4.78, 5) is 14.2. The molecule has 2 rings (SSSR count). The Morgan fingerprint density at radius 2 is 1.73 bits per heavy atom. The molecule has 2 heteroatoms. The van der Waals surface area contributed by atoms with E-state index in [4.69, 9.17) is 0 Å². The van der Waals surface area contributed by atoms with E-state index in [-0.39, 0.29) is 0 Å². The molecule has 0 N–H and O–H groups in total. The fraction of sp³-hybridized carbons (Fsp3) is 0.923. The molecule has 0 unspecified atom stereocenters. The Morgan fingerprint density at radius 3 is 2.27 bits per heavy atom. The standard InChI is InChI=1S/C13H23NO/c1-2-11-7-9-14(10-8-11)13(15)12-5-3-4-6-12/h11-12H,2-10H2,1H3. The molecule has 1 aliphatic heterocycles. The molecule has 0 aromatic rings. The smallest absolute Gasteiger partial charge is 0.225 e. The molecular formula is C13H23NO. The van der Waals surface area contributed by atoms with Crippen LogP contribution < -0.4 is 0 Å². The van der Waals surface area contributed by atoms with E-state index in [1.165, 1.54) is 32.1 Å². The van der Waals surface area contributed by atoms with Gasteiger partial charge in [0, 0.05) is 19.0 Å². The van der Waals surface area contributed by atoms with Gasteiger partial charge in [-0.2, -0.15) is 0 Å². The van der Waals surface area contributed by atoms with Crippen LogP contribution in [0.25, 0.3) is 0 Å². The fourth-order valence-electron chi connectivity index (χ4n) is 2.99. The molecular weight excluding hydrogens is 186 g/mol. The van der Waals surface area contributed by atoms with Gasteiger partial charge in [-0.05, 0) is 31.6 Å². The zero-order chi connectivity index (χ0) is 10.7. The summed E-state index contributed by atoms with van der Waals surface area (Å²) >= 11 is 0. The van der Waals surface area contributed by atoms with E-state index < -0.39 is 0 Å². The van der Waals surface area contributed by atoms with E-state index in [9.17, 15) is 4.79 Å². The molecule has 0 aromatic carbocycles. The van der Waals surface area contributed by atoms with E-state index in [1.54, 1.807) is 0 Å². The van der Waals surface area contributed by atoms with Crippen molar-refractivity contribution >= 4 is 5.91 Å². The number of nitrogens with zero attached hydrogens (tertiary/aromatic N) is 1. The predicted molar refractivity (Wildman–Crippen MR) is 61.6 cm³/mol. The molecule has 1 saturated carbocycles. The summed E-state index contributed by atoms with van der Waals surface area (Å²) in [7, 11) is 0. The molecule has 1 heterocycles. The van der Waals surface area contributed by atoms with Crippen molar-refractivity contribution in [3.8, 4) is 0 Å². The van der Waals surface area contributed by atoms with Gasteiger partial charge in [-0.1, -0.05) is 26.2 Å². The van der Waals surface area contributed by atoms with Crippen LogP contribution in [0.1, 0.15) is 51.9 Å². The van der Waals surface area contributed by atoms with Gasteiger partial charge in [-0.15, -0.1) is 0 Å². The van der Waals surface area contributed by atoms with Crippen molar-refractivity contribution in [2.75, 3.05) is 13.1 Å². The molecule has 2 aliphatic rings. The minimum atomic E-state index is 0.378. The number of carbonyl (C=O) groups is 1. The Bertz CT molecular complexity index is 213. The summed E-state index contributed by atoms with van der Waals surface area (Å²) in [5.74, 6) is 1.71. The summed E-state index contributed by atoms with van der Waals surface area (Å²) in [6, 6.07) is 0. The van der Waals surface area contributed by atoms with Crippen molar-refractivity contribution < 1.29 is 4.79 Å². The lowest BCUT2D eigenvalue weighted by Crippen LogP contribution is -2.41. The highest BCUT2D eigenvalue weighted by Gasteiger charge is 2.29. The van der Waals surface area contributed by atoms with Crippen molar-refractivity contribution in [1.29, 1.82) is 0 Å². The number of rotatable bonds is 2. The zero-order valence-corrected chi connectivity index (χ0v) is 9.87. The molecule has 2 nitrogen and oxygen atoms in total. The van der Waals surface area contributed by atoms with Gasteiger partial charge in [-0.25, -0.2) is 0 Å². The van der Waals surface area contributed by atoms with Gasteiger partial charge >= 0.3 is 0 Å². The van der Waals surface area contributed by atoms with E-state index in [0.29, 0.717) is 11.8 Å². The second-order valence-corrected chi connectivity index (χ2v) is 5.16. The molecule has 15 heavy (non-hydrogen) atoms. The minimum absolute atomic E-state index is 0.378. The Morgan fingerprint density at radius 1 is 1.13 bits per heavy atom. The minimum Gasteiger partial charge on any atom is -0.342 e. The predicted octanol–water partition coefficient (Wildman–Crippen LogP) is 2.83. The van der Waals surface area contributed by atoms with Gasteiger partial charge in [-0.3, -0.25) is 4.79 Å². The average molecular weight is 209 g/mol. The molecule has 1 amide bonds. The van der Waals surface area contributed by atoms with Crippen molar-refractivity contribution in [1.82, 2.24) is 4.90 Å². The third-order valence-electron chi connectivity index (χ3n) is 4.21. The summed E-state index contributed by atoms with van der Waals surface area (Å²) < 4.78 is 0. The van der Waals surface area contributed by atoms with E-state index in [0.717, 1.165) is 31.8 Å². The average Bonchev–Trinajstić information content (AvgIpc) is 2.82. The normalized spacial score (nSPS) is 24.7. The number of hydrogen-bond donors (Lipinski definition) is 0. The molecule has 86 valence electrons. The number of amides is 1. The number of carbonyl (C=O) groups excluding carboxylic acids is 1. The summed E-state index contributed by atoms with van der Waals surface area (Å²) in [6.45, 7) is 4.31. The summed E-state index contributed by atoms with van der Waals surface area (Å²) in [6.07, 6.45) is 8.57. The van der Waals surface area contributed by atoms with Crippen LogP contribution >= 0.6 is 0 Å². The summed E-state index contributed by atoms with van der Waals surface area (Å²) in [5.41, 5.74) is 0. The summed E-state index contributed by atoms with van der Waals surface area (Å²) in [5, 5.41) is 0. The second-order valence-electron chi connectivity index (χ2n) is 5.16. The Balaban J connectivity index is 1.81. The molecule has 0 bridgehead atoms. The van der Waals surface area contributed by atoms with Gasteiger partial charge in [0.1, 0.15) is 0 Å². The first-order valence-corrected chi connectivity index (χ1v) is 6.60. The van der Waals surface area contributed by atoms with E-state index in [2.05, 4.69) is 11.8 Å². The van der Waals surface area contributed by atoms with E-state index in [1.807, 2.05) is 0 Å². The van der Waals surface area contributed by atoms with Gasteiger partial charge in [0.05, 0.1) is 0 Å². The van der Waals surface area contributed by atoms with Crippen LogP contribution in [0.3, 0.4) is 0 Å². The maximum absolute atomic E-state index is 12.1. The van der Waals surface area contributed by atoms with Gasteiger partial charge in [0.2, 0.25) is 5.91 Å². The van der Waals surface area contributed by atoms with Crippen LogP contribution in [0.5, 0.6) is 0 Å². The van der Waals surface area contributed by atoms with Crippen molar-refractivity contribution in [3.05, 3.63) is 0 Å². The highest BCUT2D eigenvalue weighted by atomic mass is 16.2. The number of hydrogen-bond acceptors (Lipinski definition) is 1. The fourth-order valence-corrected chi connectivity index (χ4v) is 2.99. The highest BCUT2D eigenvalue weighted by molar-refractivity contribution is 5.79. The second kappa shape index (κ2) is 5.00. The lowest BCUT2D eigenvalue weighted by atomic mass is 9.93. The molecule has 0 atom stereocenters. The Kier molecular flexibility index (Phi) is 3.66. The maximum Gasteiger partial charge on any atom is 0.225 e. The number of piperidine rings is 1. The van der Waals surface area contributed by atoms with Crippen LogP contribution in [-0.2, 0) is 4.79 Å². The third kappa shape index (κ3) is 2.53. The first kappa shape index (κ1) is 11.0.